The van der Waals surface area contributed by atoms with E-state index < -0.39 is 0 Å². The molecule has 0 saturated heterocycles. The summed E-state index contributed by atoms with van der Waals surface area (Å²) in [5, 5.41) is 11.8. The zero-order valence-corrected chi connectivity index (χ0v) is 24.9. The third-order valence-electron chi connectivity index (χ3n) is 7.85. The molecule has 3 heterocycles. The molecule has 0 amide bonds. The molecule has 0 radical (unpaired) electrons. The van der Waals surface area contributed by atoms with E-state index >= 15 is 0 Å². The van der Waals surface area contributed by atoms with Crippen molar-refractivity contribution in [2.24, 2.45) is 0 Å². The van der Waals surface area contributed by atoms with Gasteiger partial charge in [0.05, 0.1) is 27.2 Å². The van der Waals surface area contributed by atoms with Crippen LogP contribution in [0.4, 0.5) is 17.2 Å². The highest BCUT2D eigenvalue weighted by Crippen LogP contribution is 2.43. The molecule has 8 rings (SSSR count). The van der Waals surface area contributed by atoms with Gasteiger partial charge in [0.1, 0.15) is 11.6 Å². The largest absolute Gasteiger partial charge is 0.507 e. The molecule has 0 aliphatic heterocycles. The van der Waals surface area contributed by atoms with Crippen LogP contribution in [-0.4, -0.2) is 20.1 Å². The monoisotopic (exact) mass is 598 g/mol. The zero-order chi connectivity index (χ0) is 30.2. The molecule has 0 saturated carbocycles. The molecule has 3 aromatic heterocycles. The summed E-state index contributed by atoms with van der Waals surface area (Å²) in [6, 6.07) is 48.7. The average molecular weight is 599 g/mol. The van der Waals surface area contributed by atoms with Gasteiger partial charge in [-0.25, -0.2) is 15.0 Å². The number of hydrogen-bond acceptors (Lipinski definition) is 6. The Kier molecular flexibility index (Phi) is 6.74. The Balaban J connectivity index is 1.36. The number of fused-ring (bicyclic) bond motifs is 3. The van der Waals surface area contributed by atoms with Crippen molar-refractivity contribution < 1.29 is 5.11 Å². The van der Waals surface area contributed by atoms with Crippen molar-refractivity contribution in [2.45, 2.75) is 0 Å². The summed E-state index contributed by atoms with van der Waals surface area (Å²) in [5.74, 6) is 1.44. The first-order valence-electron chi connectivity index (χ1n) is 14.7. The van der Waals surface area contributed by atoms with Crippen LogP contribution in [0.5, 0.6) is 5.75 Å². The lowest BCUT2D eigenvalue weighted by Crippen LogP contribution is -2.12. The van der Waals surface area contributed by atoms with E-state index in [0.717, 1.165) is 59.9 Å². The van der Waals surface area contributed by atoms with Gasteiger partial charge in [-0.05, 0) is 54.1 Å². The van der Waals surface area contributed by atoms with Crippen molar-refractivity contribution in [1.82, 2.24) is 15.0 Å². The Morgan fingerprint density at radius 2 is 1.33 bits per heavy atom. The molecule has 8 aromatic rings. The van der Waals surface area contributed by atoms with Gasteiger partial charge < -0.3 is 5.11 Å². The number of aromatic hydroxyl groups is 1. The van der Waals surface area contributed by atoms with Crippen LogP contribution in [0, 0.1) is 0 Å². The Morgan fingerprint density at radius 1 is 0.600 bits per heavy atom. The number of phenols is 1. The summed E-state index contributed by atoms with van der Waals surface area (Å²) < 4.78 is 2.14. The first kappa shape index (κ1) is 26.8. The van der Waals surface area contributed by atoms with Crippen LogP contribution >= 0.6 is 11.3 Å². The number of thiophene rings is 1. The first-order chi connectivity index (χ1) is 22.2. The van der Waals surface area contributed by atoms with E-state index in [1.807, 2.05) is 54.7 Å². The zero-order valence-electron chi connectivity index (χ0n) is 24.1. The molecule has 0 unspecified atom stereocenters. The molecule has 45 heavy (non-hydrogen) atoms. The summed E-state index contributed by atoms with van der Waals surface area (Å²) in [7, 11) is 0. The van der Waals surface area contributed by atoms with Crippen LogP contribution in [0.2, 0.25) is 0 Å². The third-order valence-corrected chi connectivity index (χ3v) is 9.02. The normalized spacial score (nSPS) is 11.2. The summed E-state index contributed by atoms with van der Waals surface area (Å²) in [4.78, 5) is 17.1. The summed E-state index contributed by atoms with van der Waals surface area (Å²) in [6.07, 6.45) is 1.82. The molecule has 0 aliphatic rings. The second-order valence-electron chi connectivity index (χ2n) is 10.6. The van der Waals surface area contributed by atoms with Crippen molar-refractivity contribution >= 4 is 48.8 Å². The van der Waals surface area contributed by atoms with Gasteiger partial charge >= 0.3 is 0 Å². The highest BCUT2D eigenvalue weighted by Gasteiger charge is 2.21. The predicted octanol–water partition coefficient (Wildman–Crippen LogP) is 10.4. The maximum Gasteiger partial charge on any atom is 0.164 e. The number of nitrogens with zero attached hydrogens (tertiary/aromatic N) is 4. The van der Waals surface area contributed by atoms with Crippen LogP contribution in [0.1, 0.15) is 0 Å². The Hall–Kier alpha value is -5.85. The standard InChI is InChI=1S/C39H26N4OS/c44-33-21-8-5-18-30(33)39-41-36(38-37(42-39)31-19-6-9-22-34(31)45-38)27-15-12-16-28(25-27)43(35-23-10-11-24-40-35)32-20-7-4-17-29(32)26-13-2-1-3-14-26/h1-25,44H. The molecule has 0 spiro atoms. The van der Waals surface area contributed by atoms with Gasteiger partial charge in [-0.3, -0.25) is 4.90 Å². The minimum absolute atomic E-state index is 0.148. The fraction of sp³-hybridized carbons (Fsp3) is 0. The molecule has 6 heteroatoms. The van der Waals surface area contributed by atoms with Gasteiger partial charge in [-0.2, -0.15) is 0 Å². The van der Waals surface area contributed by atoms with E-state index in [9.17, 15) is 5.11 Å². The van der Waals surface area contributed by atoms with Crippen molar-refractivity contribution in [3.8, 4) is 39.5 Å². The molecular weight excluding hydrogens is 573 g/mol. The van der Waals surface area contributed by atoms with E-state index in [4.69, 9.17) is 15.0 Å². The predicted molar refractivity (Wildman–Crippen MR) is 185 cm³/mol. The Labute approximate surface area is 264 Å². The molecule has 0 bridgehead atoms. The molecule has 214 valence electrons. The number of phenolic OH excluding ortho intramolecular Hbond substituents is 1. The smallest absolute Gasteiger partial charge is 0.164 e. The van der Waals surface area contributed by atoms with Gasteiger partial charge in [0.2, 0.25) is 0 Å². The molecule has 5 nitrogen and oxygen atoms in total. The molecule has 0 fully saturated rings. The van der Waals surface area contributed by atoms with Crippen LogP contribution in [-0.2, 0) is 0 Å². The maximum atomic E-state index is 10.8. The number of anilines is 3. The van der Waals surface area contributed by atoms with E-state index in [2.05, 4.69) is 89.8 Å². The van der Waals surface area contributed by atoms with Crippen molar-refractivity contribution in [1.29, 1.82) is 0 Å². The number of hydrogen-bond donors (Lipinski definition) is 1. The van der Waals surface area contributed by atoms with Crippen molar-refractivity contribution in [3.05, 3.63) is 152 Å². The van der Waals surface area contributed by atoms with Gasteiger partial charge in [0, 0.05) is 33.1 Å². The van der Waals surface area contributed by atoms with E-state index in [1.165, 1.54) is 0 Å². The maximum absolute atomic E-state index is 10.8. The quantitative estimate of drug-likeness (QED) is 0.206. The van der Waals surface area contributed by atoms with Crippen LogP contribution in [0.3, 0.4) is 0 Å². The molecule has 0 atom stereocenters. The highest BCUT2D eigenvalue weighted by atomic mass is 32.1. The van der Waals surface area contributed by atoms with E-state index in [0.29, 0.717) is 11.4 Å². The minimum Gasteiger partial charge on any atom is -0.507 e. The van der Waals surface area contributed by atoms with Crippen LogP contribution < -0.4 is 4.90 Å². The number of para-hydroxylation sites is 2. The minimum atomic E-state index is 0.148. The Bertz CT molecular complexity index is 2300. The number of rotatable bonds is 6. The van der Waals surface area contributed by atoms with E-state index in [1.54, 1.807) is 23.5 Å². The molecule has 1 N–H and O–H groups in total. The summed E-state index contributed by atoms with van der Waals surface area (Å²) in [6.45, 7) is 0. The fourth-order valence-corrected chi connectivity index (χ4v) is 6.93. The number of pyridine rings is 1. The van der Waals surface area contributed by atoms with Gasteiger partial charge in [-0.15, -0.1) is 11.3 Å². The Morgan fingerprint density at radius 3 is 2.18 bits per heavy atom. The lowest BCUT2D eigenvalue weighted by Gasteiger charge is -2.27. The highest BCUT2D eigenvalue weighted by molar-refractivity contribution is 7.26. The molecular formula is C39H26N4OS. The number of aromatic nitrogens is 3. The third kappa shape index (κ3) is 4.87. The lowest BCUT2D eigenvalue weighted by molar-refractivity contribution is 0.477. The van der Waals surface area contributed by atoms with Gasteiger partial charge in [0.25, 0.3) is 0 Å². The molecule has 5 aromatic carbocycles. The molecule has 0 aliphatic carbocycles. The van der Waals surface area contributed by atoms with E-state index in [-0.39, 0.29) is 5.75 Å². The summed E-state index contributed by atoms with van der Waals surface area (Å²) >= 11 is 1.68. The second kappa shape index (κ2) is 11.3. The lowest BCUT2D eigenvalue weighted by atomic mass is 10.0. The van der Waals surface area contributed by atoms with Crippen LogP contribution in [0.15, 0.2) is 152 Å². The summed E-state index contributed by atoms with van der Waals surface area (Å²) in [5.41, 5.74) is 7.43. The second-order valence-corrected chi connectivity index (χ2v) is 11.7. The first-order valence-corrected chi connectivity index (χ1v) is 15.5. The van der Waals surface area contributed by atoms with Crippen LogP contribution in [0.25, 0.3) is 54.1 Å². The number of benzene rings is 5. The SMILES string of the molecule is Oc1ccccc1-c1nc(-c2cccc(N(c3ccccn3)c3ccccc3-c3ccccc3)c2)c2sc3ccccc3c2n1. The van der Waals surface area contributed by atoms with Gasteiger partial charge in [0.15, 0.2) is 5.82 Å². The average Bonchev–Trinajstić information content (AvgIpc) is 3.48. The van der Waals surface area contributed by atoms with Gasteiger partial charge in [-0.1, -0.05) is 97.1 Å². The van der Waals surface area contributed by atoms with Crippen molar-refractivity contribution in [2.75, 3.05) is 4.90 Å². The fourth-order valence-electron chi connectivity index (χ4n) is 5.77. The topological polar surface area (TPSA) is 62.1 Å². The van der Waals surface area contributed by atoms with Crippen molar-refractivity contribution in [3.63, 3.8) is 0 Å².